The lowest BCUT2D eigenvalue weighted by Gasteiger charge is -2.10. The van der Waals surface area contributed by atoms with Gasteiger partial charge in [0, 0.05) is 5.56 Å². The first kappa shape index (κ1) is 12.3. The Morgan fingerprint density at radius 3 is 2.78 bits per heavy atom. The minimum atomic E-state index is -0.868. The summed E-state index contributed by atoms with van der Waals surface area (Å²) in [5.74, 6) is 0.333. The molecule has 0 spiro atoms. The van der Waals surface area contributed by atoms with Crippen LogP contribution >= 0.6 is 0 Å². The molecule has 0 bridgehead atoms. The van der Waals surface area contributed by atoms with Crippen molar-refractivity contribution >= 4 is 5.97 Å². The van der Waals surface area contributed by atoms with Crippen molar-refractivity contribution in [2.24, 2.45) is 0 Å². The van der Waals surface area contributed by atoms with Crippen molar-refractivity contribution in [1.29, 1.82) is 0 Å². The lowest BCUT2D eigenvalue weighted by Crippen LogP contribution is -2.25. The number of likely N-dealkylation sites (N-methyl/N-ethyl adjacent to an activating group) is 1. The van der Waals surface area contributed by atoms with E-state index in [1.54, 1.807) is 18.1 Å². The van der Waals surface area contributed by atoms with Gasteiger partial charge in [-0.25, -0.2) is 4.98 Å². The van der Waals surface area contributed by atoms with Crippen molar-refractivity contribution in [3.05, 3.63) is 42.4 Å². The van der Waals surface area contributed by atoms with E-state index in [1.807, 2.05) is 30.3 Å². The fourth-order valence-electron chi connectivity index (χ4n) is 1.64. The zero-order valence-corrected chi connectivity index (χ0v) is 10.0. The Morgan fingerprint density at radius 1 is 1.39 bits per heavy atom. The van der Waals surface area contributed by atoms with Gasteiger partial charge in [0.05, 0.1) is 19.3 Å². The smallest absolute Gasteiger partial charge is 0.317 e. The molecule has 5 nitrogen and oxygen atoms in total. The maximum atomic E-state index is 10.5. The highest BCUT2D eigenvalue weighted by molar-refractivity contribution is 5.69. The first-order chi connectivity index (χ1) is 8.65. The molecule has 0 fully saturated rings. The van der Waals surface area contributed by atoms with Crippen molar-refractivity contribution in [3.8, 4) is 11.3 Å². The fraction of sp³-hybridized carbons (Fsp3) is 0.231. The number of aliphatic carboxylic acids is 1. The molecule has 1 aromatic carbocycles. The van der Waals surface area contributed by atoms with Crippen LogP contribution in [-0.4, -0.2) is 34.6 Å². The molecule has 0 radical (unpaired) electrons. The second-order valence-corrected chi connectivity index (χ2v) is 4.05. The standard InChI is InChI=1S/C13H14N2O3/c1-15(9-13(16)17)8-12-14-7-11(18-12)10-5-3-2-4-6-10/h2-7H,8-9H2,1H3,(H,16,17). The van der Waals surface area contributed by atoms with Crippen LogP contribution < -0.4 is 0 Å². The Bertz CT molecular complexity index is 522. The number of hydrogen-bond donors (Lipinski definition) is 1. The first-order valence-corrected chi connectivity index (χ1v) is 5.55. The van der Waals surface area contributed by atoms with E-state index < -0.39 is 5.97 Å². The topological polar surface area (TPSA) is 66.6 Å². The summed E-state index contributed by atoms with van der Waals surface area (Å²) in [6.07, 6.45) is 1.65. The largest absolute Gasteiger partial charge is 0.480 e. The van der Waals surface area contributed by atoms with Crippen molar-refractivity contribution < 1.29 is 14.3 Å². The number of nitrogens with zero attached hydrogens (tertiary/aromatic N) is 2. The third-order valence-corrected chi connectivity index (χ3v) is 2.42. The van der Waals surface area contributed by atoms with Gasteiger partial charge in [-0.1, -0.05) is 30.3 Å². The summed E-state index contributed by atoms with van der Waals surface area (Å²) >= 11 is 0. The van der Waals surface area contributed by atoms with E-state index >= 15 is 0 Å². The summed E-state index contributed by atoms with van der Waals surface area (Å²) in [6.45, 7) is 0.335. The summed E-state index contributed by atoms with van der Waals surface area (Å²) < 4.78 is 5.58. The fourth-order valence-corrected chi connectivity index (χ4v) is 1.64. The summed E-state index contributed by atoms with van der Waals surface area (Å²) in [4.78, 5) is 16.3. The average molecular weight is 246 g/mol. The monoisotopic (exact) mass is 246 g/mol. The molecule has 18 heavy (non-hydrogen) atoms. The number of rotatable bonds is 5. The molecule has 0 atom stereocenters. The zero-order chi connectivity index (χ0) is 13.0. The third-order valence-electron chi connectivity index (χ3n) is 2.42. The molecule has 2 aromatic rings. The molecule has 1 N–H and O–H groups in total. The lowest BCUT2D eigenvalue weighted by atomic mass is 10.2. The summed E-state index contributed by atoms with van der Waals surface area (Å²) in [6, 6.07) is 9.65. The maximum absolute atomic E-state index is 10.5. The van der Waals surface area contributed by atoms with Crippen LogP contribution in [0.4, 0.5) is 0 Å². The zero-order valence-electron chi connectivity index (χ0n) is 10.0. The van der Waals surface area contributed by atoms with Crippen LogP contribution in [0.3, 0.4) is 0 Å². The molecular weight excluding hydrogens is 232 g/mol. The van der Waals surface area contributed by atoms with Crippen molar-refractivity contribution in [3.63, 3.8) is 0 Å². The summed E-state index contributed by atoms with van der Waals surface area (Å²) in [5.41, 5.74) is 0.956. The normalized spacial score (nSPS) is 10.8. The molecule has 0 aliphatic heterocycles. The van der Waals surface area contributed by atoms with Gasteiger partial charge in [0.1, 0.15) is 0 Å². The SMILES string of the molecule is CN(CC(=O)O)Cc1ncc(-c2ccccc2)o1. The van der Waals surface area contributed by atoms with Crippen LogP contribution in [0.15, 0.2) is 40.9 Å². The maximum Gasteiger partial charge on any atom is 0.317 e. The number of carbonyl (C=O) groups is 1. The minimum absolute atomic E-state index is 0.0386. The Labute approximate surface area is 105 Å². The van der Waals surface area contributed by atoms with Crippen LogP contribution in [0.2, 0.25) is 0 Å². The predicted molar refractivity (Wildman–Crippen MR) is 65.9 cm³/mol. The highest BCUT2D eigenvalue weighted by Crippen LogP contribution is 2.20. The number of hydrogen-bond acceptors (Lipinski definition) is 4. The molecule has 1 aromatic heterocycles. The molecule has 2 rings (SSSR count). The molecule has 1 heterocycles. The van der Waals surface area contributed by atoms with E-state index in [4.69, 9.17) is 9.52 Å². The first-order valence-electron chi connectivity index (χ1n) is 5.55. The highest BCUT2D eigenvalue weighted by atomic mass is 16.4. The molecular formula is C13H14N2O3. The van der Waals surface area contributed by atoms with Gasteiger partial charge >= 0.3 is 5.97 Å². The molecule has 0 aliphatic carbocycles. The van der Waals surface area contributed by atoms with E-state index in [2.05, 4.69) is 4.98 Å². The second kappa shape index (κ2) is 5.46. The van der Waals surface area contributed by atoms with E-state index in [0.29, 0.717) is 18.2 Å². The Morgan fingerprint density at radius 2 is 2.11 bits per heavy atom. The van der Waals surface area contributed by atoms with Crippen LogP contribution in [-0.2, 0) is 11.3 Å². The average Bonchev–Trinajstić information content (AvgIpc) is 2.77. The molecule has 5 heteroatoms. The van der Waals surface area contributed by atoms with Gasteiger partial charge in [0.2, 0.25) is 5.89 Å². The van der Waals surface area contributed by atoms with Crippen LogP contribution in [0, 0.1) is 0 Å². The van der Waals surface area contributed by atoms with Gasteiger partial charge in [0.25, 0.3) is 0 Å². The second-order valence-electron chi connectivity index (χ2n) is 4.05. The molecule has 0 saturated heterocycles. The van der Waals surface area contributed by atoms with Crippen LogP contribution in [0.1, 0.15) is 5.89 Å². The lowest BCUT2D eigenvalue weighted by molar-refractivity contribution is -0.138. The highest BCUT2D eigenvalue weighted by Gasteiger charge is 2.10. The molecule has 0 amide bonds. The number of carboxylic acids is 1. The molecule has 94 valence electrons. The van der Waals surface area contributed by atoms with Crippen LogP contribution in [0.5, 0.6) is 0 Å². The molecule has 0 unspecified atom stereocenters. The molecule has 0 aliphatic rings. The summed E-state index contributed by atoms with van der Waals surface area (Å²) in [5, 5.41) is 8.65. The number of aromatic nitrogens is 1. The van der Waals surface area contributed by atoms with Crippen LogP contribution in [0.25, 0.3) is 11.3 Å². The third kappa shape index (κ3) is 3.18. The quantitative estimate of drug-likeness (QED) is 0.872. The number of benzene rings is 1. The number of oxazole rings is 1. The Kier molecular flexibility index (Phi) is 3.74. The van der Waals surface area contributed by atoms with Gasteiger partial charge in [-0.05, 0) is 7.05 Å². The Balaban J connectivity index is 2.05. The van der Waals surface area contributed by atoms with Crippen molar-refractivity contribution in [2.75, 3.05) is 13.6 Å². The van der Waals surface area contributed by atoms with Gasteiger partial charge < -0.3 is 9.52 Å². The van der Waals surface area contributed by atoms with E-state index in [-0.39, 0.29) is 6.54 Å². The van der Waals surface area contributed by atoms with Gasteiger partial charge in [-0.15, -0.1) is 0 Å². The van der Waals surface area contributed by atoms with E-state index in [0.717, 1.165) is 5.56 Å². The Hall–Kier alpha value is -2.14. The van der Waals surface area contributed by atoms with Crippen molar-refractivity contribution in [1.82, 2.24) is 9.88 Å². The van der Waals surface area contributed by atoms with Gasteiger partial charge in [0.15, 0.2) is 5.76 Å². The molecule has 0 saturated carbocycles. The summed E-state index contributed by atoms with van der Waals surface area (Å²) in [7, 11) is 1.71. The van der Waals surface area contributed by atoms with Gasteiger partial charge in [-0.2, -0.15) is 0 Å². The predicted octanol–water partition coefficient (Wildman–Crippen LogP) is 1.86. The van der Waals surface area contributed by atoms with E-state index in [9.17, 15) is 4.79 Å². The number of carboxylic acid groups (broad SMARTS) is 1. The van der Waals surface area contributed by atoms with Gasteiger partial charge in [-0.3, -0.25) is 9.69 Å². The van der Waals surface area contributed by atoms with Crippen molar-refractivity contribution in [2.45, 2.75) is 6.54 Å². The minimum Gasteiger partial charge on any atom is -0.480 e. The van der Waals surface area contributed by atoms with E-state index in [1.165, 1.54) is 0 Å².